The maximum Gasteiger partial charge on any atom is 0.247 e. The number of rotatable bonds is 6. The first-order valence-corrected chi connectivity index (χ1v) is 9.46. The Morgan fingerprint density at radius 3 is 2.81 bits per heavy atom. The second kappa shape index (κ2) is 6.87. The summed E-state index contributed by atoms with van der Waals surface area (Å²) in [5.41, 5.74) is 0. The van der Waals surface area contributed by atoms with Crippen molar-refractivity contribution in [1.29, 1.82) is 0 Å². The summed E-state index contributed by atoms with van der Waals surface area (Å²) < 4.78 is 27.8. The van der Waals surface area contributed by atoms with Crippen LogP contribution in [-0.4, -0.2) is 31.3 Å². The van der Waals surface area contributed by atoms with E-state index >= 15 is 0 Å². The molecule has 0 atom stereocenters. The molecule has 0 amide bonds. The Labute approximate surface area is 137 Å². The van der Waals surface area contributed by atoms with E-state index in [4.69, 9.17) is 0 Å². The molecule has 0 fully saturated rings. The number of sulfonamides is 1. The molecule has 0 radical (unpaired) electrons. The largest absolute Gasteiger partial charge is 0.372 e. The molecule has 2 heterocycles. The molecule has 0 aliphatic rings. The van der Waals surface area contributed by atoms with Crippen molar-refractivity contribution in [3.63, 3.8) is 0 Å². The molecule has 0 bridgehead atoms. The standard InChI is InChI=1S/C13H16BrN3O2S2/c1-3-17(9-11-5-4-6-20-11)21(18,19)12-7-10(14)8-16-13(12)15-2/h4-8H,3,9H2,1-2H3,(H,15,16). The van der Waals surface area contributed by atoms with Crippen LogP contribution >= 0.6 is 27.3 Å². The molecule has 0 aliphatic carbocycles. The predicted molar refractivity (Wildman–Crippen MR) is 89.1 cm³/mol. The number of halogens is 1. The van der Waals surface area contributed by atoms with E-state index in [1.165, 1.54) is 4.31 Å². The summed E-state index contributed by atoms with van der Waals surface area (Å²) in [4.78, 5) is 5.30. The Kier molecular flexibility index (Phi) is 5.37. The molecule has 0 saturated carbocycles. The Morgan fingerprint density at radius 1 is 1.48 bits per heavy atom. The van der Waals surface area contributed by atoms with E-state index < -0.39 is 10.0 Å². The van der Waals surface area contributed by atoms with Crippen molar-refractivity contribution in [2.45, 2.75) is 18.4 Å². The Balaban J connectivity index is 2.41. The Morgan fingerprint density at radius 2 is 2.24 bits per heavy atom. The number of hydrogen-bond acceptors (Lipinski definition) is 5. The topological polar surface area (TPSA) is 62.3 Å². The second-order valence-electron chi connectivity index (χ2n) is 4.26. The van der Waals surface area contributed by atoms with Crippen LogP contribution in [0, 0.1) is 0 Å². The van der Waals surface area contributed by atoms with Crippen LogP contribution in [0.2, 0.25) is 0 Å². The van der Waals surface area contributed by atoms with Gasteiger partial charge in [-0.25, -0.2) is 13.4 Å². The fourth-order valence-corrected chi connectivity index (χ4v) is 4.77. The summed E-state index contributed by atoms with van der Waals surface area (Å²) in [5, 5.41) is 4.77. The molecule has 0 spiro atoms. The minimum Gasteiger partial charge on any atom is -0.372 e. The lowest BCUT2D eigenvalue weighted by atomic mass is 10.4. The predicted octanol–water partition coefficient (Wildman–Crippen LogP) is 3.16. The highest BCUT2D eigenvalue weighted by Crippen LogP contribution is 2.27. The van der Waals surface area contributed by atoms with Crippen molar-refractivity contribution >= 4 is 43.1 Å². The highest BCUT2D eigenvalue weighted by atomic mass is 79.9. The zero-order chi connectivity index (χ0) is 15.5. The molecule has 2 aromatic rings. The van der Waals surface area contributed by atoms with E-state index in [1.54, 1.807) is 30.6 Å². The zero-order valence-electron chi connectivity index (χ0n) is 11.7. The van der Waals surface area contributed by atoms with Crippen LogP contribution in [0.15, 0.2) is 39.1 Å². The van der Waals surface area contributed by atoms with Gasteiger partial charge in [0.05, 0.1) is 0 Å². The fraction of sp³-hybridized carbons (Fsp3) is 0.308. The summed E-state index contributed by atoms with van der Waals surface area (Å²) in [7, 11) is -1.95. The Bertz CT molecular complexity index is 702. The number of nitrogens with one attached hydrogen (secondary N) is 1. The number of nitrogens with zero attached hydrogens (tertiary/aromatic N) is 2. The molecule has 0 aromatic carbocycles. The molecule has 2 rings (SSSR count). The smallest absolute Gasteiger partial charge is 0.247 e. The first-order valence-electron chi connectivity index (χ1n) is 6.35. The van der Waals surface area contributed by atoms with Crippen molar-refractivity contribution in [1.82, 2.24) is 9.29 Å². The number of hydrogen-bond donors (Lipinski definition) is 1. The number of anilines is 1. The van der Waals surface area contributed by atoms with Crippen molar-refractivity contribution in [3.05, 3.63) is 39.1 Å². The maximum absolute atomic E-state index is 12.9. The quantitative estimate of drug-likeness (QED) is 0.823. The van der Waals surface area contributed by atoms with Gasteiger partial charge < -0.3 is 5.32 Å². The molecule has 1 N–H and O–H groups in total. The van der Waals surface area contributed by atoms with E-state index in [2.05, 4.69) is 26.2 Å². The number of aromatic nitrogens is 1. The molecule has 0 saturated heterocycles. The van der Waals surface area contributed by atoms with Gasteiger partial charge in [-0.1, -0.05) is 13.0 Å². The normalized spacial score (nSPS) is 11.8. The minimum absolute atomic E-state index is 0.179. The first-order chi connectivity index (χ1) is 9.98. The maximum atomic E-state index is 12.9. The lowest BCUT2D eigenvalue weighted by molar-refractivity contribution is 0.426. The number of thiophene rings is 1. The highest BCUT2D eigenvalue weighted by Gasteiger charge is 2.27. The second-order valence-corrected chi connectivity index (χ2v) is 8.12. The summed E-state index contributed by atoms with van der Waals surface area (Å²) in [6.45, 7) is 2.59. The third-order valence-corrected chi connectivity index (χ3v) is 6.17. The molecular formula is C13H16BrN3O2S2. The van der Waals surface area contributed by atoms with Gasteiger partial charge in [0.1, 0.15) is 10.7 Å². The lowest BCUT2D eigenvalue weighted by Gasteiger charge is -2.21. The van der Waals surface area contributed by atoms with Gasteiger partial charge in [0.25, 0.3) is 0 Å². The van der Waals surface area contributed by atoms with Crippen LogP contribution in [0.25, 0.3) is 0 Å². The minimum atomic E-state index is -3.61. The van der Waals surface area contributed by atoms with Gasteiger partial charge in [0.15, 0.2) is 0 Å². The van der Waals surface area contributed by atoms with Gasteiger partial charge in [0.2, 0.25) is 10.0 Å². The van der Waals surface area contributed by atoms with E-state index in [-0.39, 0.29) is 4.90 Å². The summed E-state index contributed by atoms with van der Waals surface area (Å²) in [6, 6.07) is 5.42. The van der Waals surface area contributed by atoms with Crippen LogP contribution in [0.1, 0.15) is 11.8 Å². The molecule has 8 heteroatoms. The van der Waals surface area contributed by atoms with E-state index in [9.17, 15) is 8.42 Å². The van der Waals surface area contributed by atoms with E-state index in [1.807, 2.05) is 24.4 Å². The van der Waals surface area contributed by atoms with Gasteiger partial charge in [-0.2, -0.15) is 4.31 Å². The molecular weight excluding hydrogens is 374 g/mol. The average Bonchev–Trinajstić information content (AvgIpc) is 2.97. The fourth-order valence-electron chi connectivity index (χ4n) is 1.89. The van der Waals surface area contributed by atoms with Crippen molar-refractivity contribution in [2.75, 3.05) is 18.9 Å². The Hall–Kier alpha value is -0.960. The van der Waals surface area contributed by atoms with Crippen LogP contribution in [0.4, 0.5) is 5.82 Å². The van der Waals surface area contributed by atoms with Gasteiger partial charge in [-0.3, -0.25) is 0 Å². The van der Waals surface area contributed by atoms with Gasteiger partial charge >= 0.3 is 0 Å². The zero-order valence-corrected chi connectivity index (χ0v) is 14.9. The van der Waals surface area contributed by atoms with Crippen LogP contribution in [-0.2, 0) is 16.6 Å². The SMILES string of the molecule is CCN(Cc1cccs1)S(=O)(=O)c1cc(Br)cnc1NC. The molecule has 0 aliphatic heterocycles. The third-order valence-electron chi connectivity index (χ3n) is 2.94. The molecule has 0 unspecified atom stereocenters. The van der Waals surface area contributed by atoms with Crippen molar-refractivity contribution in [2.24, 2.45) is 0 Å². The van der Waals surface area contributed by atoms with E-state index in [0.29, 0.717) is 23.4 Å². The number of pyridine rings is 1. The monoisotopic (exact) mass is 389 g/mol. The summed E-state index contributed by atoms with van der Waals surface area (Å²) >= 11 is 4.82. The van der Waals surface area contributed by atoms with Crippen LogP contribution in [0.3, 0.4) is 0 Å². The van der Waals surface area contributed by atoms with E-state index in [0.717, 1.165) is 4.88 Å². The summed E-state index contributed by atoms with van der Waals surface area (Å²) in [5.74, 6) is 0.350. The lowest BCUT2D eigenvalue weighted by Crippen LogP contribution is -2.30. The molecule has 2 aromatic heterocycles. The average molecular weight is 390 g/mol. The van der Waals surface area contributed by atoms with Crippen molar-refractivity contribution in [3.8, 4) is 0 Å². The van der Waals surface area contributed by atoms with Crippen LogP contribution in [0.5, 0.6) is 0 Å². The van der Waals surface area contributed by atoms with Crippen LogP contribution < -0.4 is 5.32 Å². The first kappa shape index (κ1) is 16.4. The molecule has 114 valence electrons. The van der Waals surface area contributed by atoms with Crippen molar-refractivity contribution < 1.29 is 8.42 Å². The van der Waals surface area contributed by atoms with Gasteiger partial charge in [-0.15, -0.1) is 11.3 Å². The van der Waals surface area contributed by atoms with Gasteiger partial charge in [-0.05, 0) is 33.4 Å². The molecule has 5 nitrogen and oxygen atoms in total. The summed E-state index contributed by atoms with van der Waals surface area (Å²) in [6.07, 6.45) is 1.57. The third kappa shape index (κ3) is 3.63. The van der Waals surface area contributed by atoms with Gasteiger partial charge in [0, 0.05) is 35.7 Å². The highest BCUT2D eigenvalue weighted by molar-refractivity contribution is 9.10. The molecule has 21 heavy (non-hydrogen) atoms.